The van der Waals surface area contributed by atoms with Gasteiger partial charge in [0.2, 0.25) is 0 Å². The second kappa shape index (κ2) is 7.51. The number of urea groups is 1. The molecule has 0 saturated heterocycles. The van der Waals surface area contributed by atoms with Gasteiger partial charge in [0.1, 0.15) is 0 Å². The largest absolute Gasteiger partial charge is 0.465 e. The predicted molar refractivity (Wildman–Crippen MR) is 108 cm³/mol. The first kappa shape index (κ1) is 19.4. The molecule has 2 aliphatic rings. The smallest absolute Gasteiger partial charge is 0.337 e. The lowest BCUT2D eigenvalue weighted by molar-refractivity contribution is 0.0600. The molecule has 2 amide bonds. The van der Waals surface area contributed by atoms with Crippen molar-refractivity contribution in [1.29, 1.82) is 0 Å². The van der Waals surface area contributed by atoms with Crippen LogP contribution in [-0.2, 0) is 40.4 Å². The van der Waals surface area contributed by atoms with Crippen molar-refractivity contribution >= 4 is 27.7 Å². The number of fused-ring (bicyclic) bond motifs is 2. The molecule has 0 unspecified atom stereocenters. The molecule has 0 aliphatic heterocycles. The van der Waals surface area contributed by atoms with Gasteiger partial charge in [-0.15, -0.1) is 0 Å². The monoisotopic (exact) mass is 414 g/mol. The van der Waals surface area contributed by atoms with Crippen LogP contribution in [0.3, 0.4) is 0 Å². The highest BCUT2D eigenvalue weighted by Crippen LogP contribution is 2.38. The number of aryl methyl sites for hydroxylation is 2. The molecule has 0 saturated carbocycles. The number of hydrogen-bond acceptors (Lipinski definition) is 5. The van der Waals surface area contributed by atoms with Crippen LogP contribution in [0.25, 0.3) is 0 Å². The Morgan fingerprint density at radius 1 is 0.966 bits per heavy atom. The minimum atomic E-state index is -4.14. The van der Waals surface area contributed by atoms with E-state index in [-0.39, 0.29) is 10.5 Å². The molecule has 0 heterocycles. The second-order valence-corrected chi connectivity index (χ2v) is 9.00. The van der Waals surface area contributed by atoms with Crippen molar-refractivity contribution in [2.45, 2.75) is 43.4 Å². The molecule has 29 heavy (non-hydrogen) atoms. The molecule has 4 rings (SSSR count). The van der Waals surface area contributed by atoms with E-state index in [9.17, 15) is 18.0 Å². The zero-order valence-corrected chi connectivity index (χ0v) is 16.9. The summed E-state index contributed by atoms with van der Waals surface area (Å²) < 4.78 is 32.0. The normalized spacial score (nSPS) is 14.8. The maximum atomic E-state index is 12.6. The SMILES string of the molecule is COC(=O)c1cccc(S(=O)(=O)NC(=O)Nc2c3c(cc4c2CCC4)CCC3)c1. The van der Waals surface area contributed by atoms with Gasteiger partial charge < -0.3 is 10.1 Å². The Labute approximate surface area is 169 Å². The highest BCUT2D eigenvalue weighted by molar-refractivity contribution is 7.90. The Morgan fingerprint density at radius 2 is 1.62 bits per heavy atom. The summed E-state index contributed by atoms with van der Waals surface area (Å²) in [5, 5.41) is 2.80. The standard InChI is InChI=1S/C21H22N2O5S/c1-28-20(24)15-7-2-8-16(12-15)29(26,27)23-21(25)22-19-17-9-3-5-13(17)11-14-6-4-10-18(14)19/h2,7-8,11-12H,3-6,9-10H2,1H3,(H2,22,23,25). The average Bonchev–Trinajstić information content (AvgIpc) is 3.36. The molecule has 2 aliphatic carbocycles. The van der Waals surface area contributed by atoms with Gasteiger partial charge in [-0.2, -0.15) is 0 Å². The van der Waals surface area contributed by atoms with E-state index < -0.39 is 22.0 Å². The molecule has 7 nitrogen and oxygen atoms in total. The van der Waals surface area contributed by atoms with Crippen LogP contribution < -0.4 is 10.0 Å². The number of sulfonamides is 1. The van der Waals surface area contributed by atoms with Crippen molar-refractivity contribution in [3.8, 4) is 0 Å². The Balaban J connectivity index is 1.58. The molecule has 0 atom stereocenters. The fraction of sp³-hybridized carbons (Fsp3) is 0.333. The third-order valence-corrected chi connectivity index (χ3v) is 6.83. The molecule has 2 N–H and O–H groups in total. The molecule has 0 bridgehead atoms. The summed E-state index contributed by atoms with van der Waals surface area (Å²) in [6.45, 7) is 0. The lowest BCUT2D eigenvalue weighted by atomic mass is 9.99. The number of nitrogens with one attached hydrogen (secondary N) is 2. The van der Waals surface area contributed by atoms with Crippen LogP contribution in [-0.4, -0.2) is 27.5 Å². The first-order valence-corrected chi connectivity index (χ1v) is 11.1. The van der Waals surface area contributed by atoms with E-state index in [1.807, 2.05) is 0 Å². The number of methoxy groups -OCH3 is 1. The number of hydrogen-bond donors (Lipinski definition) is 2. The fourth-order valence-corrected chi connectivity index (χ4v) is 5.15. The molecule has 0 aromatic heterocycles. The van der Waals surface area contributed by atoms with Crippen LogP contribution in [0, 0.1) is 0 Å². The molecule has 0 fully saturated rings. The summed E-state index contributed by atoms with van der Waals surface area (Å²) in [4.78, 5) is 24.1. The van der Waals surface area contributed by atoms with E-state index in [0.29, 0.717) is 0 Å². The van der Waals surface area contributed by atoms with Crippen molar-refractivity contribution in [3.63, 3.8) is 0 Å². The minimum absolute atomic E-state index is 0.0921. The van der Waals surface area contributed by atoms with E-state index in [0.717, 1.165) is 55.3 Å². The molecular weight excluding hydrogens is 392 g/mol. The maximum Gasteiger partial charge on any atom is 0.337 e. The predicted octanol–water partition coefficient (Wildman–Crippen LogP) is 2.96. The van der Waals surface area contributed by atoms with E-state index >= 15 is 0 Å². The van der Waals surface area contributed by atoms with Crippen molar-refractivity contribution in [2.75, 3.05) is 12.4 Å². The second-order valence-electron chi connectivity index (χ2n) is 7.31. The van der Waals surface area contributed by atoms with Crippen LogP contribution in [0.15, 0.2) is 35.2 Å². The highest BCUT2D eigenvalue weighted by atomic mass is 32.2. The number of anilines is 1. The van der Waals surface area contributed by atoms with Gasteiger partial charge in [-0.3, -0.25) is 0 Å². The van der Waals surface area contributed by atoms with Gasteiger partial charge in [0.15, 0.2) is 0 Å². The number of esters is 1. The van der Waals surface area contributed by atoms with Crippen LogP contribution in [0.4, 0.5) is 10.5 Å². The van der Waals surface area contributed by atoms with Gasteiger partial charge in [0, 0.05) is 5.69 Å². The van der Waals surface area contributed by atoms with Gasteiger partial charge in [-0.1, -0.05) is 12.1 Å². The quantitative estimate of drug-likeness (QED) is 0.749. The van der Waals surface area contributed by atoms with Crippen LogP contribution in [0.5, 0.6) is 0 Å². The van der Waals surface area contributed by atoms with Crippen molar-refractivity contribution in [1.82, 2.24) is 4.72 Å². The van der Waals surface area contributed by atoms with Crippen molar-refractivity contribution in [2.24, 2.45) is 0 Å². The lowest BCUT2D eigenvalue weighted by Gasteiger charge is -2.16. The number of ether oxygens (including phenoxy) is 1. The van der Waals surface area contributed by atoms with E-state index in [2.05, 4.69) is 20.8 Å². The van der Waals surface area contributed by atoms with Gasteiger partial charge in [-0.05, 0) is 79.0 Å². The Bertz CT molecular complexity index is 1080. The molecule has 2 aromatic rings. The summed E-state index contributed by atoms with van der Waals surface area (Å²) in [6.07, 6.45) is 5.80. The first-order chi connectivity index (χ1) is 13.9. The maximum absolute atomic E-state index is 12.6. The number of rotatable bonds is 4. The van der Waals surface area contributed by atoms with E-state index in [4.69, 9.17) is 0 Å². The zero-order valence-electron chi connectivity index (χ0n) is 16.1. The number of amides is 2. The summed E-state index contributed by atoms with van der Waals surface area (Å²) >= 11 is 0. The lowest BCUT2D eigenvalue weighted by Crippen LogP contribution is -2.35. The molecular formula is C21H22N2O5S. The molecule has 8 heteroatoms. The van der Waals surface area contributed by atoms with Crippen molar-refractivity contribution < 1.29 is 22.7 Å². The minimum Gasteiger partial charge on any atom is -0.465 e. The number of carbonyl (C=O) groups is 2. The van der Waals surface area contributed by atoms with Crippen LogP contribution in [0.1, 0.15) is 45.5 Å². The summed E-state index contributed by atoms with van der Waals surface area (Å²) in [6, 6.07) is 6.81. The topological polar surface area (TPSA) is 102 Å². The molecule has 152 valence electrons. The summed E-state index contributed by atoms with van der Waals surface area (Å²) in [5.41, 5.74) is 5.58. The van der Waals surface area contributed by atoms with E-state index in [1.165, 1.54) is 42.5 Å². The van der Waals surface area contributed by atoms with Gasteiger partial charge >= 0.3 is 12.0 Å². The third-order valence-electron chi connectivity index (χ3n) is 5.50. The van der Waals surface area contributed by atoms with Crippen LogP contribution in [0.2, 0.25) is 0 Å². The summed E-state index contributed by atoms with van der Waals surface area (Å²) in [7, 11) is -2.93. The van der Waals surface area contributed by atoms with Gasteiger partial charge in [0.05, 0.1) is 17.6 Å². The Morgan fingerprint density at radius 3 is 2.24 bits per heavy atom. The number of benzene rings is 2. The Hall–Kier alpha value is -2.87. The molecule has 0 spiro atoms. The van der Waals surface area contributed by atoms with Crippen molar-refractivity contribution in [3.05, 3.63) is 58.1 Å². The fourth-order valence-electron chi connectivity index (χ4n) is 4.20. The van der Waals surface area contributed by atoms with Gasteiger partial charge in [-0.25, -0.2) is 22.7 Å². The first-order valence-electron chi connectivity index (χ1n) is 9.58. The summed E-state index contributed by atoms with van der Waals surface area (Å²) in [5.74, 6) is -0.651. The zero-order chi connectivity index (χ0) is 20.6. The highest BCUT2D eigenvalue weighted by Gasteiger charge is 2.26. The molecule has 2 aromatic carbocycles. The van der Waals surface area contributed by atoms with Gasteiger partial charge in [0.25, 0.3) is 10.0 Å². The molecule has 0 radical (unpaired) electrons. The van der Waals surface area contributed by atoms with Crippen LogP contribution >= 0.6 is 0 Å². The number of carbonyl (C=O) groups excluding carboxylic acids is 2. The van der Waals surface area contributed by atoms with E-state index in [1.54, 1.807) is 0 Å². The average molecular weight is 414 g/mol. The third kappa shape index (κ3) is 3.72. The Kier molecular flexibility index (Phi) is 5.04.